The molecule has 1 aliphatic rings. The molecule has 2 rings (SSSR count). The highest BCUT2D eigenvalue weighted by atomic mass is 127. The third-order valence-corrected chi connectivity index (χ3v) is 4.26. The van der Waals surface area contributed by atoms with Crippen LogP contribution in [0.4, 0.5) is 5.69 Å². The highest BCUT2D eigenvalue weighted by molar-refractivity contribution is 14.1. The minimum atomic E-state index is 0.0491. The van der Waals surface area contributed by atoms with Crippen molar-refractivity contribution in [3.8, 4) is 0 Å². The lowest BCUT2D eigenvalue weighted by molar-refractivity contribution is -0.122. The maximum absolute atomic E-state index is 12.4. The van der Waals surface area contributed by atoms with Crippen LogP contribution in [0.2, 0.25) is 0 Å². The van der Waals surface area contributed by atoms with Crippen molar-refractivity contribution in [2.45, 2.75) is 38.6 Å². The van der Waals surface area contributed by atoms with Gasteiger partial charge in [0.2, 0.25) is 5.91 Å². The second-order valence-electron chi connectivity index (χ2n) is 5.04. The molecule has 0 bridgehead atoms. The van der Waals surface area contributed by atoms with Crippen molar-refractivity contribution in [3.63, 3.8) is 0 Å². The number of likely N-dealkylation sites (tertiary alicyclic amines) is 1. The molecule has 0 spiro atoms. The monoisotopic (exact) mass is 372 g/mol. The van der Waals surface area contributed by atoms with Crippen molar-refractivity contribution in [1.82, 2.24) is 4.90 Å². The summed E-state index contributed by atoms with van der Waals surface area (Å²) in [5.41, 5.74) is 0.896. The number of halogens is 1. The largest absolute Gasteiger partial charge is 0.325 e. The minimum absolute atomic E-state index is 0.0491. The topological polar surface area (TPSA) is 32.3 Å². The third-order valence-electron chi connectivity index (χ3n) is 3.54. The molecular weight excluding hydrogens is 351 g/mol. The molecule has 1 aliphatic heterocycles. The summed E-state index contributed by atoms with van der Waals surface area (Å²) in [6, 6.07) is 8.01. The Bertz CT molecular complexity index is 417. The molecule has 0 aromatic heterocycles. The Kier molecular flexibility index (Phi) is 5.63. The van der Waals surface area contributed by atoms with Gasteiger partial charge in [0, 0.05) is 9.26 Å². The number of piperidine rings is 1. The molecule has 104 valence electrons. The lowest BCUT2D eigenvalue weighted by atomic mass is 10.0. The van der Waals surface area contributed by atoms with E-state index in [1.54, 1.807) is 0 Å². The number of rotatable bonds is 4. The van der Waals surface area contributed by atoms with Gasteiger partial charge in [0.15, 0.2) is 0 Å². The molecule has 4 heteroatoms. The van der Waals surface area contributed by atoms with Crippen LogP contribution in [0.15, 0.2) is 24.3 Å². The molecule has 1 aromatic carbocycles. The molecular formula is C15H21IN2O. The lowest BCUT2D eigenvalue weighted by Crippen LogP contribution is -2.47. The van der Waals surface area contributed by atoms with Crippen LogP contribution >= 0.6 is 22.6 Å². The second kappa shape index (κ2) is 7.24. The number of benzene rings is 1. The van der Waals surface area contributed by atoms with Crippen molar-refractivity contribution in [2.75, 3.05) is 18.4 Å². The number of amides is 1. The van der Waals surface area contributed by atoms with Crippen molar-refractivity contribution in [3.05, 3.63) is 27.8 Å². The first-order valence-electron chi connectivity index (χ1n) is 7.01. The van der Waals surface area contributed by atoms with Crippen LogP contribution in [-0.4, -0.2) is 29.9 Å². The normalized spacial score (nSPS) is 20.2. The van der Waals surface area contributed by atoms with E-state index in [0.29, 0.717) is 0 Å². The van der Waals surface area contributed by atoms with Crippen LogP contribution in [-0.2, 0) is 4.79 Å². The molecule has 1 amide bonds. The van der Waals surface area contributed by atoms with Crippen molar-refractivity contribution in [1.29, 1.82) is 0 Å². The predicted octanol–water partition coefficient (Wildman–Crippen LogP) is 3.49. The number of nitrogens with one attached hydrogen (secondary N) is 1. The smallest absolute Gasteiger partial charge is 0.241 e. The van der Waals surface area contributed by atoms with Gasteiger partial charge < -0.3 is 5.32 Å². The molecule has 1 atom stereocenters. The molecule has 1 saturated heterocycles. The van der Waals surface area contributed by atoms with E-state index in [1.807, 2.05) is 24.3 Å². The van der Waals surface area contributed by atoms with E-state index >= 15 is 0 Å². The molecule has 19 heavy (non-hydrogen) atoms. The average molecular weight is 372 g/mol. The Labute approximate surface area is 128 Å². The molecule has 1 heterocycles. The summed E-state index contributed by atoms with van der Waals surface area (Å²) in [4.78, 5) is 14.7. The molecule has 1 fully saturated rings. The number of carbonyl (C=O) groups is 1. The summed E-state index contributed by atoms with van der Waals surface area (Å²) in [5.74, 6) is 0.148. The van der Waals surface area contributed by atoms with Gasteiger partial charge in [-0.05, 0) is 79.2 Å². The van der Waals surface area contributed by atoms with E-state index in [0.717, 1.165) is 38.0 Å². The first-order valence-corrected chi connectivity index (χ1v) is 8.09. The SMILES string of the molecule is CCCN1CCCCC1C(=O)Nc1ccc(I)cc1. The highest BCUT2D eigenvalue weighted by Crippen LogP contribution is 2.19. The predicted molar refractivity (Wildman–Crippen MR) is 87.3 cm³/mol. The maximum atomic E-state index is 12.4. The third kappa shape index (κ3) is 4.18. The van der Waals surface area contributed by atoms with E-state index in [4.69, 9.17) is 0 Å². The molecule has 1 N–H and O–H groups in total. The fourth-order valence-corrected chi connectivity index (χ4v) is 2.96. The molecule has 0 aliphatic carbocycles. The number of carbonyl (C=O) groups excluding carboxylic acids is 1. The van der Waals surface area contributed by atoms with Crippen LogP contribution in [0, 0.1) is 3.57 Å². The summed E-state index contributed by atoms with van der Waals surface area (Å²) >= 11 is 2.27. The summed E-state index contributed by atoms with van der Waals surface area (Å²) in [7, 11) is 0. The minimum Gasteiger partial charge on any atom is -0.325 e. The van der Waals surface area contributed by atoms with Crippen LogP contribution in [0.1, 0.15) is 32.6 Å². The average Bonchev–Trinajstić information content (AvgIpc) is 2.42. The maximum Gasteiger partial charge on any atom is 0.241 e. The van der Waals surface area contributed by atoms with E-state index in [2.05, 4.69) is 39.7 Å². The van der Waals surface area contributed by atoms with E-state index in [-0.39, 0.29) is 11.9 Å². The fourth-order valence-electron chi connectivity index (χ4n) is 2.60. The van der Waals surface area contributed by atoms with Crippen LogP contribution in [0.25, 0.3) is 0 Å². The summed E-state index contributed by atoms with van der Waals surface area (Å²) in [6.07, 6.45) is 4.46. The number of anilines is 1. The van der Waals surface area contributed by atoms with Gasteiger partial charge in [-0.2, -0.15) is 0 Å². The Morgan fingerprint density at radius 3 is 2.79 bits per heavy atom. The quantitative estimate of drug-likeness (QED) is 0.821. The van der Waals surface area contributed by atoms with Gasteiger partial charge in [-0.1, -0.05) is 13.3 Å². The molecule has 0 saturated carbocycles. The van der Waals surface area contributed by atoms with E-state index < -0.39 is 0 Å². The summed E-state index contributed by atoms with van der Waals surface area (Å²) in [6.45, 7) is 4.24. The first kappa shape index (κ1) is 14.8. The lowest BCUT2D eigenvalue weighted by Gasteiger charge is -2.34. The highest BCUT2D eigenvalue weighted by Gasteiger charge is 2.27. The molecule has 1 aromatic rings. The van der Waals surface area contributed by atoms with Crippen LogP contribution in [0.5, 0.6) is 0 Å². The number of hydrogen-bond acceptors (Lipinski definition) is 2. The van der Waals surface area contributed by atoms with Crippen molar-refractivity contribution in [2.24, 2.45) is 0 Å². The fraction of sp³-hybridized carbons (Fsp3) is 0.533. The van der Waals surface area contributed by atoms with Crippen molar-refractivity contribution >= 4 is 34.2 Å². The zero-order valence-corrected chi connectivity index (χ0v) is 13.5. The standard InChI is InChI=1S/C15H21IN2O/c1-2-10-18-11-4-3-5-14(18)15(19)17-13-8-6-12(16)7-9-13/h6-9,14H,2-5,10-11H2,1H3,(H,17,19). The molecule has 3 nitrogen and oxygen atoms in total. The zero-order valence-electron chi connectivity index (χ0n) is 11.4. The van der Waals surface area contributed by atoms with Gasteiger partial charge >= 0.3 is 0 Å². The van der Waals surface area contributed by atoms with Gasteiger partial charge in [0.05, 0.1) is 6.04 Å². The van der Waals surface area contributed by atoms with Gasteiger partial charge in [0.25, 0.3) is 0 Å². The summed E-state index contributed by atoms with van der Waals surface area (Å²) < 4.78 is 1.18. The van der Waals surface area contributed by atoms with E-state index in [1.165, 1.54) is 9.99 Å². The van der Waals surface area contributed by atoms with Gasteiger partial charge in [-0.3, -0.25) is 9.69 Å². The van der Waals surface area contributed by atoms with Crippen molar-refractivity contribution < 1.29 is 4.79 Å². The second-order valence-corrected chi connectivity index (χ2v) is 6.29. The Morgan fingerprint density at radius 1 is 1.37 bits per heavy atom. The Balaban J connectivity index is 1.99. The van der Waals surface area contributed by atoms with Crippen LogP contribution < -0.4 is 5.32 Å². The van der Waals surface area contributed by atoms with E-state index in [9.17, 15) is 4.79 Å². The van der Waals surface area contributed by atoms with Gasteiger partial charge in [0.1, 0.15) is 0 Å². The Morgan fingerprint density at radius 2 is 2.11 bits per heavy atom. The van der Waals surface area contributed by atoms with Gasteiger partial charge in [-0.15, -0.1) is 0 Å². The van der Waals surface area contributed by atoms with Gasteiger partial charge in [-0.25, -0.2) is 0 Å². The number of hydrogen-bond donors (Lipinski definition) is 1. The van der Waals surface area contributed by atoms with Crippen LogP contribution in [0.3, 0.4) is 0 Å². The molecule has 1 unspecified atom stereocenters. The first-order chi connectivity index (χ1) is 9.20. The molecule has 0 radical (unpaired) electrons. The Hall–Kier alpha value is -0.620. The number of nitrogens with zero attached hydrogens (tertiary/aromatic N) is 1. The summed E-state index contributed by atoms with van der Waals surface area (Å²) in [5, 5.41) is 3.04. The zero-order chi connectivity index (χ0) is 13.7.